The zero-order valence-corrected chi connectivity index (χ0v) is 14.6. The van der Waals surface area contributed by atoms with Gasteiger partial charge in [0.2, 0.25) is 0 Å². The highest BCUT2D eigenvalue weighted by atomic mass is 19.3. The van der Waals surface area contributed by atoms with Crippen molar-refractivity contribution < 1.29 is 27.0 Å². The third-order valence-electron chi connectivity index (χ3n) is 3.86. The van der Waals surface area contributed by atoms with Gasteiger partial charge in [-0.15, -0.1) is 0 Å². The van der Waals surface area contributed by atoms with Crippen LogP contribution in [0.5, 0.6) is 11.5 Å². The average Bonchev–Trinajstić information content (AvgIpc) is 3.18. The van der Waals surface area contributed by atoms with Crippen LogP contribution in [0.2, 0.25) is 0 Å². The highest BCUT2D eigenvalue weighted by Gasteiger charge is 2.13. The van der Waals surface area contributed by atoms with Crippen molar-refractivity contribution in [2.75, 3.05) is 0 Å². The largest absolute Gasteiger partial charge is 0.435 e. The standard InChI is InChI=1S/C19H17F4N3O2/c20-18(21)27-16-6-3-14(17(9-16)28-19(22)23)11-25-10-13-1-4-15(5-2-13)26-8-7-24-12-26/h1-9,12,18-19,25H,10-11H2. The Morgan fingerprint density at radius 3 is 2.32 bits per heavy atom. The first-order chi connectivity index (χ1) is 13.5. The van der Waals surface area contributed by atoms with Crippen LogP contribution in [-0.4, -0.2) is 22.8 Å². The monoisotopic (exact) mass is 395 g/mol. The van der Waals surface area contributed by atoms with Crippen molar-refractivity contribution in [3.8, 4) is 17.2 Å². The highest BCUT2D eigenvalue weighted by molar-refractivity contribution is 5.41. The van der Waals surface area contributed by atoms with Gasteiger partial charge >= 0.3 is 13.2 Å². The maximum Gasteiger partial charge on any atom is 0.387 e. The summed E-state index contributed by atoms with van der Waals surface area (Å²) in [4.78, 5) is 3.99. The van der Waals surface area contributed by atoms with E-state index in [4.69, 9.17) is 0 Å². The molecule has 0 radical (unpaired) electrons. The Labute approximate surface area is 158 Å². The molecular weight excluding hydrogens is 378 g/mol. The van der Waals surface area contributed by atoms with Crippen LogP contribution in [0.15, 0.2) is 61.2 Å². The molecule has 3 aromatic rings. The van der Waals surface area contributed by atoms with Crippen molar-refractivity contribution in [3.63, 3.8) is 0 Å². The van der Waals surface area contributed by atoms with Crippen molar-refractivity contribution in [1.29, 1.82) is 0 Å². The zero-order chi connectivity index (χ0) is 19.9. The van der Waals surface area contributed by atoms with Gasteiger partial charge in [0.1, 0.15) is 11.5 Å². The molecule has 5 nitrogen and oxygen atoms in total. The van der Waals surface area contributed by atoms with E-state index in [9.17, 15) is 17.6 Å². The zero-order valence-electron chi connectivity index (χ0n) is 14.6. The molecule has 0 bridgehead atoms. The molecule has 0 aliphatic rings. The molecule has 1 heterocycles. The van der Waals surface area contributed by atoms with E-state index < -0.39 is 13.2 Å². The second-order valence-electron chi connectivity index (χ2n) is 5.77. The van der Waals surface area contributed by atoms with E-state index in [0.29, 0.717) is 12.1 Å². The highest BCUT2D eigenvalue weighted by Crippen LogP contribution is 2.27. The topological polar surface area (TPSA) is 48.3 Å². The lowest BCUT2D eigenvalue weighted by molar-refractivity contribution is -0.0546. The van der Waals surface area contributed by atoms with Gasteiger partial charge in [0.05, 0.1) is 6.33 Å². The maximum atomic E-state index is 12.6. The van der Waals surface area contributed by atoms with Crippen molar-refractivity contribution in [2.45, 2.75) is 26.3 Å². The summed E-state index contributed by atoms with van der Waals surface area (Å²) in [6.45, 7) is -5.43. The SMILES string of the molecule is FC(F)Oc1ccc(CNCc2ccc(-n3ccnc3)cc2)c(OC(F)F)c1. The van der Waals surface area contributed by atoms with E-state index in [-0.39, 0.29) is 18.0 Å². The summed E-state index contributed by atoms with van der Waals surface area (Å²) in [6, 6.07) is 11.4. The van der Waals surface area contributed by atoms with Gasteiger partial charge in [-0.1, -0.05) is 18.2 Å². The molecule has 0 aliphatic heterocycles. The second kappa shape index (κ2) is 9.23. The predicted molar refractivity (Wildman–Crippen MR) is 93.8 cm³/mol. The number of nitrogens with one attached hydrogen (secondary N) is 1. The van der Waals surface area contributed by atoms with Gasteiger partial charge < -0.3 is 19.4 Å². The number of ether oxygens (including phenoxy) is 2. The molecule has 0 spiro atoms. The molecule has 9 heteroatoms. The fourth-order valence-corrected chi connectivity index (χ4v) is 2.60. The molecule has 148 valence electrons. The van der Waals surface area contributed by atoms with E-state index >= 15 is 0 Å². The van der Waals surface area contributed by atoms with Gasteiger partial charge in [0.25, 0.3) is 0 Å². The lowest BCUT2D eigenvalue weighted by atomic mass is 10.1. The predicted octanol–water partition coefficient (Wildman–Crippen LogP) is 4.36. The quantitative estimate of drug-likeness (QED) is 0.547. The molecular formula is C19H17F4N3O2. The van der Waals surface area contributed by atoms with Gasteiger partial charge in [-0.2, -0.15) is 17.6 Å². The summed E-state index contributed by atoms with van der Waals surface area (Å²) in [6.07, 6.45) is 5.21. The summed E-state index contributed by atoms with van der Waals surface area (Å²) in [5, 5.41) is 3.11. The summed E-state index contributed by atoms with van der Waals surface area (Å²) < 4.78 is 60.3. The molecule has 0 fully saturated rings. The molecule has 1 aromatic heterocycles. The molecule has 28 heavy (non-hydrogen) atoms. The number of halogens is 4. The Kier molecular flexibility index (Phi) is 6.49. The van der Waals surface area contributed by atoms with Crippen molar-refractivity contribution >= 4 is 0 Å². The van der Waals surface area contributed by atoms with E-state index in [2.05, 4.69) is 19.8 Å². The Bertz CT molecular complexity index is 871. The Morgan fingerprint density at radius 1 is 0.929 bits per heavy atom. The van der Waals surface area contributed by atoms with E-state index in [0.717, 1.165) is 17.3 Å². The van der Waals surface area contributed by atoms with Gasteiger partial charge in [0.15, 0.2) is 0 Å². The molecule has 0 atom stereocenters. The lowest BCUT2D eigenvalue weighted by Crippen LogP contribution is -2.15. The van der Waals surface area contributed by atoms with Gasteiger partial charge in [-0.25, -0.2) is 4.98 Å². The first kappa shape index (κ1) is 19.7. The van der Waals surface area contributed by atoms with Crippen molar-refractivity contribution in [3.05, 3.63) is 72.3 Å². The molecule has 2 aromatic carbocycles. The lowest BCUT2D eigenvalue weighted by Gasteiger charge is -2.14. The molecule has 0 saturated carbocycles. The number of hydrogen-bond donors (Lipinski definition) is 1. The molecule has 0 aliphatic carbocycles. The number of rotatable bonds is 9. The smallest absolute Gasteiger partial charge is 0.387 e. The Hall–Kier alpha value is -3.07. The molecule has 3 rings (SSSR count). The van der Waals surface area contributed by atoms with Crippen LogP contribution in [0.25, 0.3) is 5.69 Å². The fourth-order valence-electron chi connectivity index (χ4n) is 2.60. The van der Waals surface area contributed by atoms with Crippen LogP contribution in [-0.2, 0) is 13.1 Å². The summed E-state index contributed by atoms with van der Waals surface area (Å²) >= 11 is 0. The normalized spacial score (nSPS) is 11.2. The Balaban J connectivity index is 1.61. The van der Waals surface area contributed by atoms with Crippen LogP contribution in [0.4, 0.5) is 17.6 Å². The number of benzene rings is 2. The van der Waals surface area contributed by atoms with Crippen molar-refractivity contribution in [2.24, 2.45) is 0 Å². The van der Waals surface area contributed by atoms with Gasteiger partial charge in [0, 0.05) is 42.8 Å². The number of alkyl halides is 4. The van der Waals surface area contributed by atoms with Crippen LogP contribution in [0.3, 0.4) is 0 Å². The number of aromatic nitrogens is 2. The van der Waals surface area contributed by atoms with Gasteiger partial charge in [-0.05, 0) is 23.8 Å². The van der Waals surface area contributed by atoms with E-state index in [1.165, 1.54) is 12.1 Å². The first-order valence-electron chi connectivity index (χ1n) is 8.32. The maximum absolute atomic E-state index is 12.6. The molecule has 0 amide bonds. The van der Waals surface area contributed by atoms with E-state index in [1.807, 2.05) is 35.0 Å². The Morgan fingerprint density at radius 2 is 1.68 bits per heavy atom. The van der Waals surface area contributed by atoms with Crippen LogP contribution in [0, 0.1) is 0 Å². The number of hydrogen-bond acceptors (Lipinski definition) is 4. The molecule has 0 saturated heterocycles. The third-order valence-corrected chi connectivity index (χ3v) is 3.86. The average molecular weight is 395 g/mol. The number of imidazole rings is 1. The van der Waals surface area contributed by atoms with E-state index in [1.54, 1.807) is 12.5 Å². The minimum atomic E-state index is -3.07. The third kappa shape index (κ3) is 5.46. The minimum absolute atomic E-state index is 0.209. The molecule has 0 unspecified atom stereocenters. The summed E-state index contributed by atoms with van der Waals surface area (Å²) in [5.41, 5.74) is 2.35. The summed E-state index contributed by atoms with van der Waals surface area (Å²) in [7, 11) is 0. The molecule has 1 N–H and O–H groups in total. The fraction of sp³-hybridized carbons (Fsp3) is 0.211. The summed E-state index contributed by atoms with van der Waals surface area (Å²) in [5.74, 6) is -0.458. The second-order valence-corrected chi connectivity index (χ2v) is 5.77. The van der Waals surface area contributed by atoms with Crippen LogP contribution >= 0.6 is 0 Å². The first-order valence-corrected chi connectivity index (χ1v) is 8.32. The van der Waals surface area contributed by atoms with Crippen LogP contribution in [0.1, 0.15) is 11.1 Å². The van der Waals surface area contributed by atoms with Gasteiger partial charge in [-0.3, -0.25) is 0 Å². The van der Waals surface area contributed by atoms with Crippen molar-refractivity contribution in [1.82, 2.24) is 14.9 Å². The minimum Gasteiger partial charge on any atom is -0.435 e. The number of nitrogens with zero attached hydrogens (tertiary/aromatic N) is 2. The van der Waals surface area contributed by atoms with Crippen LogP contribution < -0.4 is 14.8 Å².